The summed E-state index contributed by atoms with van der Waals surface area (Å²) >= 11 is 0. The molecule has 4 heterocycles. The maximum atomic E-state index is 5.62. The lowest BCUT2D eigenvalue weighted by Gasteiger charge is -2.29. The van der Waals surface area contributed by atoms with E-state index < -0.39 is 0 Å². The lowest BCUT2D eigenvalue weighted by molar-refractivity contribution is 0.313. The number of fused-ring (bicyclic) bond motifs is 1. The van der Waals surface area contributed by atoms with E-state index in [1.165, 1.54) is 38.8 Å². The molecule has 0 N–H and O–H groups in total. The van der Waals surface area contributed by atoms with Gasteiger partial charge in [0.05, 0.1) is 0 Å². The average Bonchev–Trinajstić information content (AvgIpc) is 3.18. The number of aryl methyl sites for hydroxylation is 2. The SMILES string of the molecule is Cc1nc(N2CCC[C@H]2CN2CCCC2)c2nc(C)oc2n1. The lowest BCUT2D eigenvalue weighted by Crippen LogP contribution is -2.40. The van der Waals surface area contributed by atoms with Crippen molar-refractivity contribution < 1.29 is 4.42 Å². The Balaban J connectivity index is 1.67. The summed E-state index contributed by atoms with van der Waals surface area (Å²) in [5.74, 6) is 2.37. The van der Waals surface area contributed by atoms with Gasteiger partial charge in [0.1, 0.15) is 5.82 Å². The normalized spacial score (nSPS) is 23.0. The van der Waals surface area contributed by atoms with Gasteiger partial charge in [0, 0.05) is 26.1 Å². The van der Waals surface area contributed by atoms with Crippen LogP contribution < -0.4 is 4.90 Å². The zero-order valence-electron chi connectivity index (χ0n) is 13.4. The monoisotopic (exact) mass is 301 g/mol. The first kappa shape index (κ1) is 13.9. The summed E-state index contributed by atoms with van der Waals surface area (Å²) in [7, 11) is 0. The van der Waals surface area contributed by atoms with E-state index in [1.807, 2.05) is 13.8 Å². The topological polar surface area (TPSA) is 58.3 Å². The summed E-state index contributed by atoms with van der Waals surface area (Å²) in [6, 6.07) is 0.535. The molecule has 1 atom stereocenters. The van der Waals surface area contributed by atoms with Crippen LogP contribution in [0.4, 0.5) is 5.82 Å². The van der Waals surface area contributed by atoms with Crippen LogP contribution in [0.2, 0.25) is 0 Å². The molecule has 4 rings (SSSR count). The first-order valence-corrected chi connectivity index (χ1v) is 8.31. The number of rotatable bonds is 3. The van der Waals surface area contributed by atoms with E-state index in [9.17, 15) is 0 Å². The van der Waals surface area contributed by atoms with Crippen LogP contribution in [-0.2, 0) is 0 Å². The minimum Gasteiger partial charge on any atom is -0.422 e. The van der Waals surface area contributed by atoms with Gasteiger partial charge in [0.25, 0.3) is 5.71 Å². The van der Waals surface area contributed by atoms with Crippen molar-refractivity contribution in [2.24, 2.45) is 0 Å². The summed E-state index contributed by atoms with van der Waals surface area (Å²) in [6.07, 6.45) is 5.13. The minimum atomic E-state index is 0.535. The number of anilines is 1. The van der Waals surface area contributed by atoms with Gasteiger partial charge < -0.3 is 14.2 Å². The molecule has 118 valence electrons. The van der Waals surface area contributed by atoms with Crippen molar-refractivity contribution in [3.05, 3.63) is 11.7 Å². The molecule has 22 heavy (non-hydrogen) atoms. The van der Waals surface area contributed by atoms with Gasteiger partial charge in [0.2, 0.25) is 0 Å². The van der Waals surface area contributed by atoms with Crippen molar-refractivity contribution in [1.29, 1.82) is 0 Å². The Morgan fingerprint density at radius 1 is 1.05 bits per heavy atom. The average molecular weight is 301 g/mol. The summed E-state index contributed by atoms with van der Waals surface area (Å²) in [4.78, 5) is 18.6. The highest BCUT2D eigenvalue weighted by Crippen LogP contribution is 2.30. The molecule has 0 aliphatic carbocycles. The van der Waals surface area contributed by atoms with Gasteiger partial charge in [-0.15, -0.1) is 0 Å². The third-order valence-electron chi connectivity index (χ3n) is 4.78. The molecule has 6 heteroatoms. The Morgan fingerprint density at radius 2 is 1.86 bits per heavy atom. The Morgan fingerprint density at radius 3 is 2.68 bits per heavy atom. The second kappa shape index (κ2) is 5.50. The van der Waals surface area contributed by atoms with Crippen molar-refractivity contribution >= 4 is 17.0 Å². The second-order valence-electron chi connectivity index (χ2n) is 6.48. The molecule has 0 unspecified atom stereocenters. The van der Waals surface area contributed by atoms with Gasteiger partial charge in [-0.25, -0.2) is 9.97 Å². The third-order valence-corrected chi connectivity index (χ3v) is 4.78. The van der Waals surface area contributed by atoms with Crippen molar-refractivity contribution in [2.45, 2.75) is 45.6 Å². The van der Waals surface area contributed by atoms with Crippen LogP contribution in [-0.4, -0.2) is 52.1 Å². The fourth-order valence-electron chi connectivity index (χ4n) is 3.78. The van der Waals surface area contributed by atoms with Crippen molar-refractivity contribution in [3.8, 4) is 0 Å². The van der Waals surface area contributed by atoms with E-state index in [2.05, 4.69) is 19.8 Å². The minimum absolute atomic E-state index is 0.535. The Bertz CT molecular complexity index is 676. The Hall–Kier alpha value is -1.69. The Labute approximate surface area is 130 Å². The predicted octanol–water partition coefficient (Wildman–Crippen LogP) is 2.30. The molecule has 2 saturated heterocycles. The van der Waals surface area contributed by atoms with Crippen LogP contribution in [0.1, 0.15) is 37.4 Å². The van der Waals surface area contributed by atoms with Crippen LogP contribution in [0.25, 0.3) is 11.2 Å². The molecule has 6 nitrogen and oxygen atoms in total. The highest BCUT2D eigenvalue weighted by atomic mass is 16.4. The van der Waals surface area contributed by atoms with Crippen LogP contribution in [0.15, 0.2) is 4.42 Å². The molecule has 2 fully saturated rings. The van der Waals surface area contributed by atoms with Gasteiger partial charge in [-0.3, -0.25) is 0 Å². The largest absolute Gasteiger partial charge is 0.422 e. The number of aromatic nitrogens is 3. The molecule has 2 aliphatic rings. The highest BCUT2D eigenvalue weighted by molar-refractivity contribution is 5.82. The van der Waals surface area contributed by atoms with Crippen molar-refractivity contribution in [3.63, 3.8) is 0 Å². The van der Waals surface area contributed by atoms with Crippen molar-refractivity contribution in [2.75, 3.05) is 31.1 Å². The van der Waals surface area contributed by atoms with E-state index in [-0.39, 0.29) is 0 Å². The van der Waals surface area contributed by atoms with Crippen LogP contribution >= 0.6 is 0 Å². The summed E-state index contributed by atoms with van der Waals surface area (Å²) < 4.78 is 5.62. The lowest BCUT2D eigenvalue weighted by atomic mass is 10.2. The fraction of sp³-hybridized carbons (Fsp3) is 0.688. The molecule has 2 aliphatic heterocycles. The third kappa shape index (κ3) is 2.45. The van der Waals surface area contributed by atoms with Crippen LogP contribution in [0, 0.1) is 13.8 Å². The molecule has 0 radical (unpaired) electrons. The molecule has 2 aromatic rings. The number of likely N-dealkylation sites (tertiary alicyclic amines) is 1. The molecule has 0 spiro atoms. The van der Waals surface area contributed by atoms with Crippen molar-refractivity contribution in [1.82, 2.24) is 19.9 Å². The summed E-state index contributed by atoms with van der Waals surface area (Å²) in [6.45, 7) is 8.47. The number of hydrogen-bond donors (Lipinski definition) is 0. The zero-order valence-corrected chi connectivity index (χ0v) is 13.4. The number of hydrogen-bond acceptors (Lipinski definition) is 6. The van der Waals surface area contributed by atoms with Gasteiger partial charge in [-0.05, 0) is 45.7 Å². The molecular weight excluding hydrogens is 278 g/mol. The molecule has 0 bridgehead atoms. The second-order valence-corrected chi connectivity index (χ2v) is 6.48. The molecule has 2 aromatic heterocycles. The van der Waals surface area contributed by atoms with Crippen LogP contribution in [0.3, 0.4) is 0 Å². The predicted molar refractivity (Wildman–Crippen MR) is 85.1 cm³/mol. The molecule has 0 amide bonds. The maximum absolute atomic E-state index is 5.62. The first-order chi connectivity index (χ1) is 10.7. The maximum Gasteiger partial charge on any atom is 0.252 e. The first-order valence-electron chi connectivity index (χ1n) is 8.31. The molecule has 0 aromatic carbocycles. The zero-order chi connectivity index (χ0) is 15.1. The molecule has 0 saturated carbocycles. The molecular formula is C16H23N5O. The van der Waals surface area contributed by atoms with E-state index in [1.54, 1.807) is 0 Å². The summed E-state index contributed by atoms with van der Waals surface area (Å²) in [5, 5.41) is 0. The number of nitrogens with zero attached hydrogens (tertiary/aromatic N) is 5. The number of oxazole rings is 1. The van der Waals surface area contributed by atoms with Gasteiger partial charge >= 0.3 is 0 Å². The van der Waals surface area contributed by atoms with Gasteiger partial charge in [0.15, 0.2) is 17.2 Å². The van der Waals surface area contributed by atoms with Gasteiger partial charge in [-0.1, -0.05) is 0 Å². The summed E-state index contributed by atoms with van der Waals surface area (Å²) in [5.41, 5.74) is 1.43. The van der Waals surface area contributed by atoms with E-state index >= 15 is 0 Å². The van der Waals surface area contributed by atoms with Gasteiger partial charge in [-0.2, -0.15) is 4.98 Å². The van der Waals surface area contributed by atoms with E-state index in [0.29, 0.717) is 17.6 Å². The Kier molecular flexibility index (Phi) is 3.48. The quantitative estimate of drug-likeness (QED) is 0.867. The van der Waals surface area contributed by atoms with E-state index in [0.717, 1.165) is 30.2 Å². The van der Waals surface area contributed by atoms with Crippen LogP contribution in [0.5, 0.6) is 0 Å². The fourth-order valence-corrected chi connectivity index (χ4v) is 3.78. The smallest absolute Gasteiger partial charge is 0.252 e. The standard InChI is InChI=1S/C16H23N5O/c1-11-17-15(14-16(18-11)22-12(2)19-14)21-9-5-6-13(21)10-20-7-3-4-8-20/h13H,3-10H2,1-2H3/t13-/m0/s1. The highest BCUT2D eigenvalue weighted by Gasteiger charge is 2.30. The van der Waals surface area contributed by atoms with E-state index in [4.69, 9.17) is 9.40 Å².